The van der Waals surface area contributed by atoms with Gasteiger partial charge in [0.1, 0.15) is 0 Å². The van der Waals surface area contributed by atoms with Crippen LogP contribution < -0.4 is 5.32 Å². The number of nitrogens with one attached hydrogen (secondary N) is 1. The number of aromatic nitrogens is 3. The summed E-state index contributed by atoms with van der Waals surface area (Å²) in [7, 11) is 0. The minimum absolute atomic E-state index is 0.149. The Bertz CT molecular complexity index is 347. The fraction of sp³-hybridized carbons (Fsp3) is 0.846. The van der Waals surface area contributed by atoms with Gasteiger partial charge in [-0.15, -0.1) is 5.10 Å². The molecule has 1 rings (SSSR count). The Morgan fingerprint density at radius 2 is 1.84 bits per heavy atom. The van der Waals surface area contributed by atoms with Gasteiger partial charge in [0.05, 0.1) is 38.7 Å². The zero-order valence-corrected chi connectivity index (χ0v) is 12.5. The van der Waals surface area contributed by atoms with Crippen molar-refractivity contribution in [2.24, 2.45) is 0 Å². The second-order valence-corrected chi connectivity index (χ2v) is 5.52. The average Bonchev–Trinajstić information content (AvgIpc) is 2.71. The number of hydrogen-bond acceptors (Lipinski definition) is 5. The van der Waals surface area contributed by atoms with Gasteiger partial charge in [-0.1, -0.05) is 5.21 Å². The molecule has 110 valence electrons. The maximum atomic E-state index is 5.46. The van der Waals surface area contributed by atoms with E-state index in [-0.39, 0.29) is 5.54 Å². The third-order valence-corrected chi connectivity index (χ3v) is 2.39. The summed E-state index contributed by atoms with van der Waals surface area (Å²) in [6.45, 7) is 12.5. The lowest BCUT2D eigenvalue weighted by molar-refractivity contribution is 0.0436. The molecule has 1 aromatic heterocycles. The van der Waals surface area contributed by atoms with Crippen LogP contribution in [0, 0.1) is 6.92 Å². The summed E-state index contributed by atoms with van der Waals surface area (Å²) < 4.78 is 12.7. The molecule has 0 saturated carbocycles. The third kappa shape index (κ3) is 8.69. The smallest absolute Gasteiger partial charge is 0.0796 e. The fourth-order valence-electron chi connectivity index (χ4n) is 1.48. The van der Waals surface area contributed by atoms with E-state index in [1.165, 1.54) is 0 Å². The second-order valence-electron chi connectivity index (χ2n) is 5.52. The van der Waals surface area contributed by atoms with Crippen molar-refractivity contribution in [2.75, 3.05) is 33.0 Å². The number of aryl methyl sites for hydroxylation is 1. The topological polar surface area (TPSA) is 61.2 Å². The van der Waals surface area contributed by atoms with E-state index in [4.69, 9.17) is 9.47 Å². The molecule has 6 heteroatoms. The van der Waals surface area contributed by atoms with Crippen LogP contribution in [0.15, 0.2) is 6.20 Å². The molecule has 0 unspecified atom stereocenters. The highest BCUT2D eigenvalue weighted by Gasteiger charge is 2.06. The van der Waals surface area contributed by atoms with Crippen molar-refractivity contribution in [3.8, 4) is 0 Å². The first-order valence-corrected chi connectivity index (χ1v) is 6.74. The van der Waals surface area contributed by atoms with Crippen LogP contribution in [0.5, 0.6) is 0 Å². The van der Waals surface area contributed by atoms with E-state index < -0.39 is 0 Å². The van der Waals surface area contributed by atoms with Crippen molar-refractivity contribution < 1.29 is 9.47 Å². The Kier molecular flexibility index (Phi) is 6.97. The highest BCUT2D eigenvalue weighted by Crippen LogP contribution is 1.96. The first kappa shape index (κ1) is 16.1. The Balaban J connectivity index is 1.86. The summed E-state index contributed by atoms with van der Waals surface area (Å²) >= 11 is 0. The predicted octanol–water partition coefficient (Wildman–Crippen LogP) is 1.01. The van der Waals surface area contributed by atoms with E-state index in [9.17, 15) is 0 Å². The minimum Gasteiger partial charge on any atom is -0.378 e. The molecule has 0 bridgehead atoms. The van der Waals surface area contributed by atoms with Crippen molar-refractivity contribution in [1.82, 2.24) is 20.3 Å². The lowest BCUT2D eigenvalue weighted by atomic mass is 10.1. The molecule has 0 aliphatic rings. The largest absolute Gasteiger partial charge is 0.378 e. The minimum atomic E-state index is 0.149. The average molecular weight is 270 g/mol. The molecule has 1 heterocycles. The molecular formula is C13H26N4O2. The summed E-state index contributed by atoms with van der Waals surface area (Å²) in [5, 5.41) is 11.2. The van der Waals surface area contributed by atoms with Crippen molar-refractivity contribution in [3.05, 3.63) is 11.9 Å². The van der Waals surface area contributed by atoms with Crippen LogP contribution in [0.4, 0.5) is 0 Å². The van der Waals surface area contributed by atoms with Gasteiger partial charge < -0.3 is 14.8 Å². The number of nitrogens with zero attached hydrogens (tertiary/aromatic N) is 3. The number of hydrogen-bond donors (Lipinski definition) is 1. The van der Waals surface area contributed by atoms with E-state index >= 15 is 0 Å². The van der Waals surface area contributed by atoms with Crippen molar-refractivity contribution >= 4 is 0 Å². The van der Waals surface area contributed by atoms with Gasteiger partial charge in [-0.25, -0.2) is 4.68 Å². The van der Waals surface area contributed by atoms with Gasteiger partial charge in [0, 0.05) is 18.3 Å². The van der Waals surface area contributed by atoms with Gasteiger partial charge in [-0.2, -0.15) is 0 Å². The molecule has 19 heavy (non-hydrogen) atoms. The predicted molar refractivity (Wildman–Crippen MR) is 74.2 cm³/mol. The lowest BCUT2D eigenvalue weighted by Gasteiger charge is -2.20. The maximum absolute atomic E-state index is 5.46. The van der Waals surface area contributed by atoms with Gasteiger partial charge >= 0.3 is 0 Å². The zero-order valence-electron chi connectivity index (χ0n) is 12.5. The molecule has 0 amide bonds. The standard InChI is InChI=1S/C13H26N4O2/c1-12-11-17(16-15-12)6-8-19-10-9-18-7-5-14-13(2,3)4/h11,14H,5-10H2,1-4H3. The summed E-state index contributed by atoms with van der Waals surface area (Å²) in [5.41, 5.74) is 1.07. The van der Waals surface area contributed by atoms with E-state index in [1.807, 2.05) is 13.1 Å². The molecule has 0 aromatic carbocycles. The van der Waals surface area contributed by atoms with Crippen LogP contribution in [0.2, 0.25) is 0 Å². The Labute approximate surface area is 115 Å². The van der Waals surface area contributed by atoms with Crippen LogP contribution in [-0.2, 0) is 16.0 Å². The fourth-order valence-corrected chi connectivity index (χ4v) is 1.48. The molecule has 0 saturated heterocycles. The molecule has 0 fully saturated rings. The van der Waals surface area contributed by atoms with Crippen molar-refractivity contribution in [3.63, 3.8) is 0 Å². The molecule has 6 nitrogen and oxygen atoms in total. The van der Waals surface area contributed by atoms with Crippen LogP contribution in [0.1, 0.15) is 26.5 Å². The highest BCUT2D eigenvalue weighted by molar-refractivity contribution is 4.86. The van der Waals surface area contributed by atoms with Crippen LogP contribution in [0.3, 0.4) is 0 Å². The SMILES string of the molecule is Cc1cn(CCOCCOCCNC(C)(C)C)nn1. The molecule has 0 radical (unpaired) electrons. The maximum Gasteiger partial charge on any atom is 0.0796 e. The first-order chi connectivity index (χ1) is 8.97. The Morgan fingerprint density at radius 3 is 2.42 bits per heavy atom. The first-order valence-electron chi connectivity index (χ1n) is 6.74. The van der Waals surface area contributed by atoms with Gasteiger partial charge in [0.2, 0.25) is 0 Å². The third-order valence-electron chi connectivity index (χ3n) is 2.39. The van der Waals surface area contributed by atoms with Gasteiger partial charge in [0.15, 0.2) is 0 Å². The monoisotopic (exact) mass is 270 g/mol. The van der Waals surface area contributed by atoms with Crippen molar-refractivity contribution in [1.29, 1.82) is 0 Å². The number of rotatable bonds is 9. The molecule has 0 atom stereocenters. The molecule has 0 aliphatic carbocycles. The summed E-state index contributed by atoms with van der Waals surface area (Å²) in [5.74, 6) is 0. The van der Waals surface area contributed by atoms with E-state index in [0.717, 1.165) is 18.8 Å². The van der Waals surface area contributed by atoms with Gasteiger partial charge in [-0.3, -0.25) is 0 Å². The quantitative estimate of drug-likeness (QED) is 0.679. The molecule has 0 spiro atoms. The second kappa shape index (κ2) is 8.24. The van der Waals surface area contributed by atoms with Crippen molar-refractivity contribution in [2.45, 2.75) is 39.8 Å². The lowest BCUT2D eigenvalue weighted by Crippen LogP contribution is -2.38. The van der Waals surface area contributed by atoms with E-state index in [2.05, 4.69) is 36.4 Å². The Morgan fingerprint density at radius 1 is 1.16 bits per heavy atom. The van der Waals surface area contributed by atoms with Crippen LogP contribution in [-0.4, -0.2) is 53.5 Å². The van der Waals surface area contributed by atoms with Crippen LogP contribution >= 0.6 is 0 Å². The van der Waals surface area contributed by atoms with Gasteiger partial charge in [0.25, 0.3) is 0 Å². The Hall–Kier alpha value is -0.980. The molecule has 0 aliphatic heterocycles. The molecule has 1 N–H and O–H groups in total. The van der Waals surface area contributed by atoms with E-state index in [1.54, 1.807) is 4.68 Å². The summed E-state index contributed by atoms with van der Waals surface area (Å²) in [4.78, 5) is 0. The number of ether oxygens (including phenoxy) is 2. The van der Waals surface area contributed by atoms with E-state index in [0.29, 0.717) is 26.4 Å². The normalized spacial score (nSPS) is 12.0. The van der Waals surface area contributed by atoms with Crippen LogP contribution in [0.25, 0.3) is 0 Å². The molecule has 1 aromatic rings. The molecular weight excluding hydrogens is 244 g/mol. The highest BCUT2D eigenvalue weighted by atomic mass is 16.5. The van der Waals surface area contributed by atoms with Gasteiger partial charge in [-0.05, 0) is 27.7 Å². The summed E-state index contributed by atoms with van der Waals surface area (Å²) in [6.07, 6.45) is 1.90. The summed E-state index contributed by atoms with van der Waals surface area (Å²) in [6, 6.07) is 0. The zero-order chi connectivity index (χ0) is 14.1.